The topological polar surface area (TPSA) is 35.2 Å². The lowest BCUT2D eigenvalue weighted by atomic mass is 10.0. The third-order valence-corrected chi connectivity index (χ3v) is 2.29. The highest BCUT2D eigenvalue weighted by Crippen LogP contribution is 2.24. The van der Waals surface area contributed by atoms with Crippen molar-refractivity contribution >= 4 is 0 Å². The number of alkyl halides is 3. The monoisotopic (exact) mass is 247 g/mol. The minimum Gasteiger partial charge on any atom is -0.372 e. The average molecular weight is 247 g/mol. The molecule has 0 saturated heterocycles. The lowest BCUT2D eigenvalue weighted by molar-refractivity contribution is -0.150. The molecule has 0 heterocycles. The van der Waals surface area contributed by atoms with Crippen molar-refractivity contribution in [2.75, 3.05) is 6.61 Å². The summed E-state index contributed by atoms with van der Waals surface area (Å²) in [7, 11) is 0. The molecule has 0 aliphatic rings. The predicted octanol–water partition coefficient (Wildman–Crippen LogP) is 3.04. The third-order valence-electron chi connectivity index (χ3n) is 2.29. The van der Waals surface area contributed by atoms with Crippen LogP contribution in [0, 0.1) is 0 Å². The molecule has 2 N–H and O–H groups in total. The zero-order valence-electron chi connectivity index (χ0n) is 9.58. The predicted molar refractivity (Wildman–Crippen MR) is 59.5 cm³/mol. The molecular formula is C12H16F3NO. The van der Waals surface area contributed by atoms with Gasteiger partial charge in [0.2, 0.25) is 0 Å². The highest BCUT2D eigenvalue weighted by Gasteiger charge is 2.28. The maximum atomic E-state index is 12.0. The second-order valence-corrected chi connectivity index (χ2v) is 3.93. The fraction of sp³-hybridized carbons (Fsp3) is 0.500. The zero-order chi connectivity index (χ0) is 12.9. The first-order chi connectivity index (χ1) is 7.90. The van der Waals surface area contributed by atoms with Crippen LogP contribution in [0.5, 0.6) is 0 Å². The normalized spacial score (nSPS) is 15.6. The first-order valence-corrected chi connectivity index (χ1v) is 5.39. The molecule has 2 atom stereocenters. The molecule has 0 aromatic heterocycles. The molecule has 1 rings (SSSR count). The average Bonchev–Trinajstić information content (AvgIpc) is 2.23. The van der Waals surface area contributed by atoms with Crippen LogP contribution in [0.15, 0.2) is 30.3 Å². The summed E-state index contributed by atoms with van der Waals surface area (Å²) in [4.78, 5) is 0. The number of halogens is 3. The van der Waals surface area contributed by atoms with Crippen LogP contribution in [-0.2, 0) is 4.74 Å². The van der Waals surface area contributed by atoms with E-state index in [-0.39, 0.29) is 12.6 Å². The van der Waals surface area contributed by atoms with Gasteiger partial charge in [0.1, 0.15) is 0 Å². The Morgan fingerprint density at radius 2 is 1.82 bits per heavy atom. The van der Waals surface area contributed by atoms with E-state index in [4.69, 9.17) is 10.5 Å². The van der Waals surface area contributed by atoms with Crippen molar-refractivity contribution in [2.45, 2.75) is 31.7 Å². The fourth-order valence-electron chi connectivity index (χ4n) is 1.50. The largest absolute Gasteiger partial charge is 0.391 e. The van der Waals surface area contributed by atoms with Crippen molar-refractivity contribution in [2.24, 2.45) is 5.73 Å². The molecule has 2 nitrogen and oxygen atoms in total. The third kappa shape index (κ3) is 5.19. The minimum absolute atomic E-state index is 0.356. The van der Waals surface area contributed by atoms with Gasteiger partial charge < -0.3 is 10.5 Å². The van der Waals surface area contributed by atoms with Crippen LogP contribution in [0.4, 0.5) is 13.2 Å². The number of ether oxygens (including phenoxy) is 1. The van der Waals surface area contributed by atoms with E-state index in [9.17, 15) is 13.2 Å². The van der Waals surface area contributed by atoms with Gasteiger partial charge in [-0.2, -0.15) is 13.2 Å². The summed E-state index contributed by atoms with van der Waals surface area (Å²) in [6.45, 7) is 1.34. The standard InChI is InChI=1S/C12H16F3NO/c1-9(16)11(10-5-3-2-4-6-10)17-8-7-12(13,14)15/h2-6,9,11H,7-8,16H2,1H3. The molecule has 0 saturated carbocycles. The van der Waals surface area contributed by atoms with Crippen molar-refractivity contribution < 1.29 is 17.9 Å². The van der Waals surface area contributed by atoms with Gasteiger partial charge in [-0.05, 0) is 12.5 Å². The van der Waals surface area contributed by atoms with Gasteiger partial charge in [-0.3, -0.25) is 0 Å². The van der Waals surface area contributed by atoms with Crippen molar-refractivity contribution in [1.29, 1.82) is 0 Å². The van der Waals surface area contributed by atoms with Crippen LogP contribution in [0.2, 0.25) is 0 Å². The van der Waals surface area contributed by atoms with Gasteiger partial charge in [-0.15, -0.1) is 0 Å². The summed E-state index contributed by atoms with van der Waals surface area (Å²) in [6, 6.07) is 8.67. The van der Waals surface area contributed by atoms with E-state index in [2.05, 4.69) is 0 Å². The van der Waals surface area contributed by atoms with E-state index < -0.39 is 18.7 Å². The number of rotatable bonds is 5. The molecule has 96 valence electrons. The first kappa shape index (κ1) is 14.0. The maximum absolute atomic E-state index is 12.0. The molecule has 0 spiro atoms. The summed E-state index contributed by atoms with van der Waals surface area (Å²) in [5.41, 5.74) is 6.51. The smallest absolute Gasteiger partial charge is 0.372 e. The van der Waals surface area contributed by atoms with Crippen molar-refractivity contribution in [3.63, 3.8) is 0 Å². The van der Waals surface area contributed by atoms with Crippen molar-refractivity contribution in [3.8, 4) is 0 Å². The lowest BCUT2D eigenvalue weighted by Crippen LogP contribution is -2.28. The van der Waals surface area contributed by atoms with E-state index in [0.717, 1.165) is 5.56 Å². The molecule has 0 aliphatic heterocycles. The molecule has 0 radical (unpaired) electrons. The summed E-state index contributed by atoms with van der Waals surface area (Å²) in [5, 5.41) is 0. The van der Waals surface area contributed by atoms with E-state index >= 15 is 0 Å². The van der Waals surface area contributed by atoms with Gasteiger partial charge in [0, 0.05) is 6.04 Å². The summed E-state index contributed by atoms with van der Waals surface area (Å²) < 4.78 is 41.2. The summed E-state index contributed by atoms with van der Waals surface area (Å²) in [5.74, 6) is 0. The number of nitrogens with two attached hydrogens (primary N) is 1. The molecule has 0 fully saturated rings. The Labute approximate surface area is 98.6 Å². The van der Waals surface area contributed by atoms with E-state index in [1.165, 1.54) is 0 Å². The number of hydrogen-bond acceptors (Lipinski definition) is 2. The Bertz CT molecular complexity index is 324. The Kier molecular flexibility index (Phi) is 4.96. The molecule has 17 heavy (non-hydrogen) atoms. The van der Waals surface area contributed by atoms with Crippen molar-refractivity contribution in [1.82, 2.24) is 0 Å². The second kappa shape index (κ2) is 6.02. The molecule has 1 aromatic rings. The van der Waals surface area contributed by atoms with Crippen LogP contribution in [0.3, 0.4) is 0 Å². The molecule has 0 aliphatic carbocycles. The molecule has 0 amide bonds. The molecule has 0 bridgehead atoms. The summed E-state index contributed by atoms with van der Waals surface area (Å²) in [6.07, 6.45) is -5.65. The van der Waals surface area contributed by atoms with Crippen LogP contribution in [0.1, 0.15) is 25.0 Å². The van der Waals surface area contributed by atoms with Crippen LogP contribution in [0.25, 0.3) is 0 Å². The quantitative estimate of drug-likeness (QED) is 0.868. The zero-order valence-corrected chi connectivity index (χ0v) is 9.58. The molecule has 5 heteroatoms. The highest BCUT2D eigenvalue weighted by molar-refractivity contribution is 5.18. The first-order valence-electron chi connectivity index (χ1n) is 5.39. The Morgan fingerprint density at radius 1 is 1.24 bits per heavy atom. The van der Waals surface area contributed by atoms with E-state index in [0.29, 0.717) is 0 Å². The molecular weight excluding hydrogens is 231 g/mol. The van der Waals surface area contributed by atoms with Gasteiger partial charge >= 0.3 is 6.18 Å². The molecule has 1 aromatic carbocycles. The van der Waals surface area contributed by atoms with Gasteiger partial charge in [0.25, 0.3) is 0 Å². The number of benzene rings is 1. The fourth-order valence-corrected chi connectivity index (χ4v) is 1.50. The highest BCUT2D eigenvalue weighted by atomic mass is 19.4. The van der Waals surface area contributed by atoms with Gasteiger partial charge in [-0.1, -0.05) is 30.3 Å². The lowest BCUT2D eigenvalue weighted by Gasteiger charge is -2.22. The number of hydrogen-bond donors (Lipinski definition) is 1. The van der Waals surface area contributed by atoms with E-state index in [1.54, 1.807) is 31.2 Å². The van der Waals surface area contributed by atoms with Gasteiger partial charge in [0.15, 0.2) is 0 Å². The SMILES string of the molecule is CC(N)C(OCCC(F)(F)F)c1ccccc1. The maximum Gasteiger partial charge on any atom is 0.391 e. The van der Waals surface area contributed by atoms with Crippen LogP contribution in [-0.4, -0.2) is 18.8 Å². The minimum atomic E-state index is -4.20. The Morgan fingerprint density at radius 3 is 2.29 bits per heavy atom. The van der Waals surface area contributed by atoms with E-state index in [1.807, 2.05) is 6.07 Å². The van der Waals surface area contributed by atoms with Crippen molar-refractivity contribution in [3.05, 3.63) is 35.9 Å². The van der Waals surface area contributed by atoms with Crippen LogP contribution >= 0.6 is 0 Å². The van der Waals surface area contributed by atoms with Crippen LogP contribution < -0.4 is 5.73 Å². The van der Waals surface area contributed by atoms with Gasteiger partial charge in [-0.25, -0.2) is 0 Å². The second-order valence-electron chi connectivity index (χ2n) is 3.93. The molecule has 2 unspecified atom stereocenters. The van der Waals surface area contributed by atoms with Gasteiger partial charge in [0.05, 0.1) is 19.1 Å². The summed E-state index contributed by atoms with van der Waals surface area (Å²) >= 11 is 0. The Balaban J connectivity index is 2.57. The Hall–Kier alpha value is -1.07.